The van der Waals surface area contributed by atoms with Crippen molar-refractivity contribution in [3.63, 3.8) is 0 Å². The van der Waals surface area contributed by atoms with E-state index in [4.69, 9.17) is 9.47 Å². The first kappa shape index (κ1) is 92.5. The number of ether oxygens (including phenoxy) is 2. The van der Waals surface area contributed by atoms with E-state index < -0.39 is 16.8 Å². The molecule has 0 radical (unpaired) electrons. The standard InChI is InChI=1S/C16H23NO2.C15H22FN.C15H24N2.C15H22O.C14H20O.C13H18O.C12H19NO/c1-13(2)15-9-6-10-17(11-15)16(18)19-12-14-7-4-3-5-8-14;1-12(2)13-7-5-9-17(10-13)11-14-6-3-4-8-15(14)16;1-12(2)14-7-5-9-17(10-14)11-15-8-4-6-13(3)16-15;1-12(2)14(13-8-4-3-5-9-13)15(16)10-6-7-11-15;1-11(2)13(14(15)9-6-10-14)12-7-4-3-5-8-12;1-10(2)12(13(14)8-9-13)11-6-4-3-5-7-11;1-9(2)11(8-14-4)12-7-5-6-10(3)13-12/h3-5,7-8,13,15H,6,9-12H2,1-2H3;3-4,6,8,12-13H,5,7,9-11H2,1-2H3;4,6,8,12,14H,5,7,9-11H2,1-3H3;3-5,8-9,12,14,16H,6-7,10-11H2,1-2H3;3-5,7-8,11,13,15H,6,9-10H2,1-2H3;3-7,10,12,14H,8-9H2,1-2H3;5-7,9,11H,8H2,1-4H3/t15-;13-;2*14-;13-;12-;11-/m1110000/s1. The van der Waals surface area contributed by atoms with Gasteiger partial charge in [-0.3, -0.25) is 19.8 Å². The smallest absolute Gasteiger partial charge is 0.410 e. The second-order valence-electron chi connectivity index (χ2n) is 36.0. The summed E-state index contributed by atoms with van der Waals surface area (Å²) in [4.78, 5) is 28.0. The molecule has 0 spiro atoms. The van der Waals surface area contributed by atoms with E-state index in [1.54, 1.807) is 19.2 Å². The van der Waals surface area contributed by atoms with Crippen LogP contribution in [0.4, 0.5) is 9.18 Å². The van der Waals surface area contributed by atoms with E-state index in [1.165, 1.54) is 86.8 Å². The molecule has 3 N–H and O–H groups in total. The Morgan fingerprint density at radius 3 is 1.25 bits per heavy atom. The van der Waals surface area contributed by atoms with Crippen LogP contribution in [0.1, 0.15) is 268 Å². The molecule has 0 unspecified atom stereocenters. The van der Waals surface area contributed by atoms with Crippen molar-refractivity contribution in [1.82, 2.24) is 24.7 Å². The molecule has 1 amide bonds. The average molecular weight is 1540 g/mol. The van der Waals surface area contributed by atoms with Crippen LogP contribution in [0.2, 0.25) is 0 Å². The Hall–Kier alpha value is -6.64. The number of aryl methyl sites for hydroxylation is 2. The number of aliphatic hydroxyl groups is 3. The summed E-state index contributed by atoms with van der Waals surface area (Å²) >= 11 is 0. The highest BCUT2D eigenvalue weighted by molar-refractivity contribution is 5.67. The van der Waals surface area contributed by atoms with Gasteiger partial charge in [-0.2, -0.15) is 0 Å². The molecule has 2 aromatic heterocycles. The molecule has 0 bridgehead atoms. The van der Waals surface area contributed by atoms with Gasteiger partial charge in [0.25, 0.3) is 0 Å². The monoisotopic (exact) mass is 1530 g/mol. The molecule has 5 aromatic carbocycles. The molecular formula is C100H148FN5O6. The van der Waals surface area contributed by atoms with Crippen LogP contribution in [0.25, 0.3) is 0 Å². The second-order valence-corrected chi connectivity index (χ2v) is 36.0. The van der Waals surface area contributed by atoms with Crippen molar-refractivity contribution < 1.29 is 34.0 Å². The highest BCUT2D eigenvalue weighted by Gasteiger charge is 2.49. The van der Waals surface area contributed by atoms with Gasteiger partial charge in [0.2, 0.25) is 0 Å². The Bertz CT molecular complexity index is 3710. The number of rotatable bonds is 22. The van der Waals surface area contributed by atoms with Gasteiger partial charge in [-0.05, 0) is 222 Å². The van der Waals surface area contributed by atoms with Gasteiger partial charge in [-0.25, -0.2) is 9.18 Å². The van der Waals surface area contributed by atoms with Crippen LogP contribution < -0.4 is 0 Å². The van der Waals surface area contributed by atoms with Crippen LogP contribution in [0.3, 0.4) is 0 Å². The normalized spacial score (nSPS) is 20.1. The largest absolute Gasteiger partial charge is 0.445 e. The Balaban J connectivity index is 0.000000182. The first-order valence-electron chi connectivity index (χ1n) is 43.3. The molecule has 5 heterocycles. The minimum Gasteiger partial charge on any atom is -0.445 e. The molecule has 3 aliphatic heterocycles. The number of halogens is 1. The van der Waals surface area contributed by atoms with Crippen LogP contribution in [0, 0.1) is 78.8 Å². The fourth-order valence-corrected chi connectivity index (χ4v) is 18.0. The third-order valence-corrected chi connectivity index (χ3v) is 24.6. The van der Waals surface area contributed by atoms with Crippen molar-refractivity contribution in [2.75, 3.05) is 53.0 Å². The molecule has 3 saturated carbocycles. The van der Waals surface area contributed by atoms with E-state index in [9.17, 15) is 24.5 Å². The SMILES string of the molecule is CC(C)[C@@H](c1ccccc1)C1(O)CC1.CC(C)[C@@H](c1ccccc1)C1(O)CCC1.CC(C)[C@@H](c1ccccc1)C1(O)CCCC1.CC(C)[C@@H]1CCCN(C(=O)OCc2ccccc2)C1.CC(C)[C@@H]1CCCN(Cc2ccccc2F)C1.COC[C@H](c1cccc(C)n1)C(C)C.Cc1cccc(CN2CCC[C@@H](C(C)C)C2)n1. The maximum absolute atomic E-state index is 13.6. The summed E-state index contributed by atoms with van der Waals surface area (Å²) < 4.78 is 24.2. The van der Waals surface area contributed by atoms with Crippen molar-refractivity contribution in [3.8, 4) is 0 Å². The van der Waals surface area contributed by atoms with E-state index in [0.717, 1.165) is 143 Å². The molecule has 112 heavy (non-hydrogen) atoms. The van der Waals surface area contributed by atoms with E-state index in [1.807, 2.05) is 78.6 Å². The van der Waals surface area contributed by atoms with E-state index in [2.05, 4.69) is 227 Å². The molecule has 3 aliphatic carbocycles. The van der Waals surface area contributed by atoms with E-state index in [0.29, 0.717) is 59.9 Å². The summed E-state index contributed by atoms with van der Waals surface area (Å²) in [6, 6.07) is 60.7. The average Bonchev–Trinajstić information content (AvgIpc) is 1.46. The lowest BCUT2D eigenvalue weighted by Crippen LogP contribution is -2.45. The zero-order chi connectivity index (χ0) is 81.4. The first-order chi connectivity index (χ1) is 53.5. The highest BCUT2D eigenvalue weighted by atomic mass is 19.1. The van der Waals surface area contributed by atoms with Gasteiger partial charge in [0.05, 0.1) is 29.1 Å². The predicted octanol–water partition coefficient (Wildman–Crippen LogP) is 23.4. The molecule has 6 aliphatic rings. The molecule has 6 fully saturated rings. The molecule has 616 valence electrons. The Labute approximate surface area is 678 Å². The van der Waals surface area contributed by atoms with Gasteiger partial charge in [0.15, 0.2) is 0 Å². The Morgan fingerprint density at radius 2 is 0.848 bits per heavy atom. The fourth-order valence-electron chi connectivity index (χ4n) is 18.0. The maximum Gasteiger partial charge on any atom is 0.410 e. The molecule has 13 rings (SSSR count). The summed E-state index contributed by atoms with van der Waals surface area (Å²) in [7, 11) is 1.74. The first-order valence-corrected chi connectivity index (χ1v) is 43.3. The lowest BCUT2D eigenvalue weighted by molar-refractivity contribution is -0.0688. The number of methoxy groups -OCH3 is 1. The third kappa shape index (κ3) is 29.9. The number of carbonyl (C=O) groups is 1. The number of hydrogen-bond acceptors (Lipinski definition) is 10. The number of carbonyl (C=O) groups excluding carboxylic acids is 1. The van der Waals surface area contributed by atoms with Crippen molar-refractivity contribution in [3.05, 3.63) is 238 Å². The van der Waals surface area contributed by atoms with Gasteiger partial charge in [0, 0.05) is 92.7 Å². The zero-order valence-electron chi connectivity index (χ0n) is 72.3. The lowest BCUT2D eigenvalue weighted by atomic mass is 9.65. The third-order valence-electron chi connectivity index (χ3n) is 24.6. The quantitative estimate of drug-likeness (QED) is 0.0603. The van der Waals surface area contributed by atoms with Gasteiger partial charge in [0.1, 0.15) is 12.4 Å². The van der Waals surface area contributed by atoms with Crippen LogP contribution in [0.15, 0.2) is 182 Å². The number of piperidine rings is 3. The van der Waals surface area contributed by atoms with Crippen LogP contribution in [0.5, 0.6) is 0 Å². The lowest BCUT2D eigenvalue weighted by Gasteiger charge is -2.45. The number of likely N-dealkylation sites (tertiary alicyclic amines) is 3. The Kier molecular flexibility index (Phi) is 38.7. The van der Waals surface area contributed by atoms with E-state index in [-0.39, 0.29) is 17.8 Å². The summed E-state index contributed by atoms with van der Waals surface area (Å²) in [6.45, 7) is 44.7. The van der Waals surface area contributed by atoms with Crippen molar-refractivity contribution in [2.24, 2.45) is 59.2 Å². The summed E-state index contributed by atoms with van der Waals surface area (Å²) in [5.41, 5.74) is 8.98. The fraction of sp³-hybridized carbons (Fsp3) is 0.590. The number of aromatic nitrogens is 2. The van der Waals surface area contributed by atoms with Gasteiger partial charge in [-0.15, -0.1) is 0 Å². The van der Waals surface area contributed by atoms with Crippen LogP contribution >= 0.6 is 0 Å². The predicted molar refractivity (Wildman–Crippen MR) is 464 cm³/mol. The van der Waals surface area contributed by atoms with Crippen molar-refractivity contribution in [1.29, 1.82) is 0 Å². The molecular weight excluding hydrogens is 1390 g/mol. The van der Waals surface area contributed by atoms with Crippen LogP contribution in [-0.4, -0.2) is 116 Å². The zero-order valence-corrected chi connectivity index (χ0v) is 72.3. The van der Waals surface area contributed by atoms with Crippen molar-refractivity contribution in [2.45, 2.75) is 267 Å². The molecule has 7 atom stereocenters. The number of nitrogens with zero attached hydrogens (tertiary/aromatic N) is 5. The number of hydrogen-bond donors (Lipinski definition) is 3. The Morgan fingerprint density at radius 1 is 0.446 bits per heavy atom. The van der Waals surface area contributed by atoms with Crippen LogP contribution in [-0.2, 0) is 29.2 Å². The van der Waals surface area contributed by atoms with Gasteiger partial charge >= 0.3 is 6.09 Å². The molecule has 3 saturated heterocycles. The minimum atomic E-state index is -0.463. The highest BCUT2D eigenvalue weighted by Crippen LogP contribution is 2.51. The molecule has 12 heteroatoms. The number of pyridine rings is 2. The number of amides is 1. The maximum atomic E-state index is 13.6. The molecule has 11 nitrogen and oxygen atoms in total. The summed E-state index contributed by atoms with van der Waals surface area (Å²) in [6.07, 6.45) is 16.7. The summed E-state index contributed by atoms with van der Waals surface area (Å²) in [5, 5.41) is 31.5. The minimum absolute atomic E-state index is 0.0702. The van der Waals surface area contributed by atoms with E-state index >= 15 is 0 Å². The topological polar surface area (TPSA) is 132 Å². The van der Waals surface area contributed by atoms with Crippen molar-refractivity contribution >= 4 is 6.09 Å². The summed E-state index contributed by atoms with van der Waals surface area (Å²) in [5.74, 6) is 7.71. The van der Waals surface area contributed by atoms with Gasteiger partial charge < -0.3 is 29.7 Å². The number of benzene rings is 5. The second kappa shape index (κ2) is 46.8. The van der Waals surface area contributed by atoms with Gasteiger partial charge in [-0.1, -0.05) is 261 Å². The molecule has 7 aromatic rings.